The van der Waals surface area contributed by atoms with E-state index in [4.69, 9.17) is 0 Å². The Labute approximate surface area is 498 Å². The fourth-order valence-corrected chi connectivity index (χ4v) is 312. The van der Waals surface area contributed by atoms with E-state index >= 15 is 0 Å². The van der Waals surface area contributed by atoms with Crippen LogP contribution in [0.25, 0.3) is 0 Å². The molecule has 0 aliphatic heterocycles. The van der Waals surface area contributed by atoms with E-state index in [1.807, 2.05) is 0 Å². The summed E-state index contributed by atoms with van der Waals surface area (Å²) in [5.74, 6) is 0. The molecular formula is C72H100Cl2P4Pd2. The molecule has 6 aromatic carbocycles. The van der Waals surface area contributed by atoms with Crippen LogP contribution in [-0.2, 0) is 21.5 Å². The second kappa shape index (κ2) is 26.5. The molecule has 6 aliphatic carbocycles. The van der Waals surface area contributed by atoms with Gasteiger partial charge >= 0.3 is 503 Å². The molecule has 8 heteroatoms. The molecule has 0 unspecified atom stereocenters. The molecule has 0 spiro atoms. The fraction of sp³-hybridized carbons (Fsp3) is 0.500. The average Bonchev–Trinajstić information content (AvgIpc) is 3.62. The van der Waals surface area contributed by atoms with Crippen LogP contribution in [-0.4, -0.2) is 34.0 Å². The molecule has 0 aromatic heterocycles. The minimum atomic E-state index is -5.54. The third-order valence-corrected chi connectivity index (χ3v) is 192. The van der Waals surface area contributed by atoms with Crippen LogP contribution >= 0.6 is 40.9 Å². The maximum absolute atomic E-state index is 11.9. The predicted octanol–water partition coefficient (Wildman–Crippen LogP) is 20.1. The van der Waals surface area contributed by atoms with Gasteiger partial charge < -0.3 is 0 Å². The van der Waals surface area contributed by atoms with Gasteiger partial charge in [-0.25, -0.2) is 0 Å². The van der Waals surface area contributed by atoms with Crippen molar-refractivity contribution in [3.63, 3.8) is 0 Å². The van der Waals surface area contributed by atoms with Crippen LogP contribution in [0.3, 0.4) is 0 Å². The van der Waals surface area contributed by atoms with E-state index in [0.717, 1.165) is 34.0 Å². The molecule has 12 rings (SSSR count). The van der Waals surface area contributed by atoms with Gasteiger partial charge in [-0.05, 0) is 0 Å². The van der Waals surface area contributed by atoms with Crippen molar-refractivity contribution < 1.29 is 21.5 Å². The van der Waals surface area contributed by atoms with Crippen molar-refractivity contribution in [3.8, 4) is 0 Å². The van der Waals surface area contributed by atoms with Crippen molar-refractivity contribution in [2.75, 3.05) is 0 Å². The van der Waals surface area contributed by atoms with Gasteiger partial charge in [0.25, 0.3) is 0 Å². The first-order valence-corrected chi connectivity index (χ1v) is 57.0. The molecule has 0 radical (unpaired) electrons. The maximum atomic E-state index is 11.9. The first kappa shape index (κ1) is 59.3. The van der Waals surface area contributed by atoms with Crippen molar-refractivity contribution in [2.45, 2.75) is 227 Å². The summed E-state index contributed by atoms with van der Waals surface area (Å²) in [5, 5.41) is 9.19. The third-order valence-electron chi connectivity index (χ3n) is 21.5. The Morgan fingerprint density at radius 3 is 0.537 bits per heavy atom. The molecule has 0 heterocycles. The SMILES string of the molecule is [Cl][Pd]([Cl])([Pd]([PH](C1CCCCC1)(C1CCCCC1)C1CCCCC1)[PH](C1CCCCC1)(C1CCCCC1)C1CCCCC1)([PH](c1ccccc1)(c1ccccc1)c1ccccc1)[PH](c1ccccc1)(c1ccccc1)c1ccccc1. The zero-order chi connectivity index (χ0) is 54.4. The summed E-state index contributed by atoms with van der Waals surface area (Å²) in [5.41, 5.74) is -8.26. The number of hydrogen-bond donors (Lipinski definition) is 0. The Morgan fingerprint density at radius 1 is 0.237 bits per heavy atom. The summed E-state index contributed by atoms with van der Waals surface area (Å²) in [6, 6.07) is 75.4. The summed E-state index contributed by atoms with van der Waals surface area (Å²) in [6.45, 7) is 0. The molecular weight excluding hydrogens is 1270 g/mol. The van der Waals surface area contributed by atoms with E-state index in [-0.39, 0.29) is 0 Å². The minimum absolute atomic E-state index is 0.807. The third kappa shape index (κ3) is 9.97. The summed E-state index contributed by atoms with van der Waals surface area (Å²) in [4.78, 5) is 0. The fourth-order valence-electron chi connectivity index (χ4n) is 18.5. The molecule has 0 bridgehead atoms. The van der Waals surface area contributed by atoms with Gasteiger partial charge in [-0.3, -0.25) is 0 Å². The van der Waals surface area contributed by atoms with Crippen molar-refractivity contribution >= 4 is 72.7 Å². The van der Waals surface area contributed by atoms with E-state index < -0.39 is 43.3 Å². The Hall–Kier alpha value is -1.06. The number of rotatable bonds is 17. The molecule has 0 nitrogen and oxygen atoms in total. The Kier molecular flexibility index (Phi) is 19.6. The molecule has 442 valence electrons. The molecule has 80 heavy (non-hydrogen) atoms. The number of benzene rings is 6. The predicted molar refractivity (Wildman–Crippen MR) is 363 cm³/mol. The standard InChI is InChI=1S/2C18H33P.2C18H15P.2ClH.2Pd/c4*1-4-10-16(11-5-1)19(17-12-6-2-7-13-17)18-14-8-3-9-15-18;;;;/h2*16-18H,1-15H2;2*1-15H;2*1H;;/q;;;;;;;-2/p+2. The van der Waals surface area contributed by atoms with E-state index in [0.29, 0.717) is 0 Å². The quantitative estimate of drug-likeness (QED) is 0.0631. The molecule has 6 aromatic rings. The summed E-state index contributed by atoms with van der Waals surface area (Å²) >= 11 is -2.20. The Morgan fingerprint density at radius 2 is 0.388 bits per heavy atom. The molecule has 0 amide bonds. The summed E-state index contributed by atoms with van der Waals surface area (Å²) in [7, 11) is 18.2. The van der Waals surface area contributed by atoms with Gasteiger partial charge in [0.2, 0.25) is 0 Å². The Bertz CT molecular complexity index is 2360. The van der Waals surface area contributed by atoms with Gasteiger partial charge in [0, 0.05) is 0 Å². The monoisotopic (exact) mass is 1370 g/mol. The average molecular weight is 1370 g/mol. The molecule has 0 atom stereocenters. The van der Waals surface area contributed by atoms with Crippen LogP contribution in [0.2, 0.25) is 0 Å². The first-order chi connectivity index (χ1) is 39.4. The normalized spacial score (nSPS) is 22.4. The van der Waals surface area contributed by atoms with Gasteiger partial charge in [-0.2, -0.15) is 0 Å². The van der Waals surface area contributed by atoms with E-state index in [9.17, 15) is 19.1 Å². The van der Waals surface area contributed by atoms with Crippen LogP contribution in [0.1, 0.15) is 193 Å². The van der Waals surface area contributed by atoms with Crippen LogP contribution in [0, 0.1) is 0 Å². The van der Waals surface area contributed by atoms with Crippen LogP contribution in [0.15, 0.2) is 182 Å². The van der Waals surface area contributed by atoms with Crippen molar-refractivity contribution in [2.24, 2.45) is 0 Å². The van der Waals surface area contributed by atoms with Crippen molar-refractivity contribution in [1.29, 1.82) is 0 Å². The van der Waals surface area contributed by atoms with Crippen LogP contribution in [0.4, 0.5) is 0 Å². The van der Waals surface area contributed by atoms with Gasteiger partial charge in [0.05, 0.1) is 0 Å². The van der Waals surface area contributed by atoms with E-state index in [2.05, 4.69) is 182 Å². The van der Waals surface area contributed by atoms with Crippen molar-refractivity contribution in [1.82, 2.24) is 0 Å². The van der Waals surface area contributed by atoms with E-state index in [1.165, 1.54) is 224 Å². The zero-order valence-electron chi connectivity index (χ0n) is 48.4. The van der Waals surface area contributed by atoms with Crippen LogP contribution < -0.4 is 31.8 Å². The van der Waals surface area contributed by atoms with Gasteiger partial charge in [-0.15, -0.1) is 0 Å². The molecule has 6 fully saturated rings. The van der Waals surface area contributed by atoms with E-state index in [1.54, 1.807) is 0 Å². The number of hydrogen-bond acceptors (Lipinski definition) is 0. The second-order valence-electron chi connectivity index (χ2n) is 25.7. The van der Waals surface area contributed by atoms with Gasteiger partial charge in [0.1, 0.15) is 0 Å². The Balaban J connectivity index is 1.46. The zero-order valence-corrected chi connectivity index (χ0v) is 57.0. The topological polar surface area (TPSA) is 0 Å². The molecule has 0 saturated heterocycles. The first-order valence-electron chi connectivity index (χ1n) is 32.6. The van der Waals surface area contributed by atoms with Crippen LogP contribution in [0.5, 0.6) is 0 Å². The number of halogens is 2. The summed E-state index contributed by atoms with van der Waals surface area (Å²) < 4.78 is 0. The summed E-state index contributed by atoms with van der Waals surface area (Å²) in [6.07, 6.45) is 43.0. The molecule has 6 saturated carbocycles. The molecule has 0 N–H and O–H groups in total. The van der Waals surface area contributed by atoms with Crippen molar-refractivity contribution in [3.05, 3.63) is 182 Å². The van der Waals surface area contributed by atoms with Gasteiger partial charge in [-0.1, -0.05) is 0 Å². The molecule has 6 aliphatic rings. The van der Waals surface area contributed by atoms with Gasteiger partial charge in [0.15, 0.2) is 0 Å². The second-order valence-corrected chi connectivity index (χ2v) is 106.